The molecule has 3 N–H and O–H groups in total. The molecular weight excluding hydrogens is 350 g/mol. The number of rotatable bonds is 4. The van der Waals surface area contributed by atoms with Crippen LogP contribution in [0, 0.1) is 21.4 Å². The molecule has 0 atom stereocenters. The summed E-state index contributed by atoms with van der Waals surface area (Å²) in [5.74, 6) is -2.12. The molecule has 0 spiro atoms. The number of phenols is 2. The van der Waals surface area contributed by atoms with Gasteiger partial charge in [-0.15, -0.1) is 0 Å². The Kier molecular flexibility index (Phi) is 5.22. The van der Waals surface area contributed by atoms with Gasteiger partial charge in [-0.1, -0.05) is 17.7 Å². The average molecular weight is 360 g/mol. The molecule has 8 nitrogen and oxygen atoms in total. The third kappa shape index (κ3) is 4.25. The Labute approximate surface area is 146 Å². The molecule has 0 fully saturated rings. The number of carbonyl (C=O) groups is 1. The van der Waals surface area contributed by atoms with Gasteiger partial charge in [0.15, 0.2) is 11.5 Å². The molecule has 2 aromatic carbocycles. The molecule has 2 aromatic rings. The molecule has 2 rings (SSSR count). The van der Waals surface area contributed by atoms with Gasteiger partial charge in [0.2, 0.25) is 0 Å². The summed E-state index contributed by atoms with van der Waals surface area (Å²) in [5.41, 5.74) is -0.883. The summed E-state index contributed by atoms with van der Waals surface area (Å²) in [6.07, 6.45) is 0.942. The topological polar surface area (TPSA) is 136 Å². The minimum absolute atomic E-state index is 0.210. The zero-order chi connectivity index (χ0) is 18.6. The highest BCUT2D eigenvalue weighted by Gasteiger charge is 2.19. The first kappa shape index (κ1) is 17.8. The summed E-state index contributed by atoms with van der Waals surface area (Å²) in [7, 11) is 0. The number of aromatic hydroxyl groups is 2. The summed E-state index contributed by atoms with van der Waals surface area (Å²) in [4.78, 5) is 22.4. The number of carbonyl (C=O) groups excluding carboxylic acids is 1. The number of halogens is 1. The number of anilines is 1. The van der Waals surface area contributed by atoms with Gasteiger partial charge in [0.25, 0.3) is 11.6 Å². The van der Waals surface area contributed by atoms with Crippen molar-refractivity contribution in [3.8, 4) is 17.6 Å². The Bertz CT molecular complexity index is 934. The van der Waals surface area contributed by atoms with E-state index in [9.17, 15) is 25.1 Å². The van der Waals surface area contributed by atoms with E-state index in [1.54, 1.807) is 24.3 Å². The molecule has 0 saturated carbocycles. The molecule has 0 unspecified atom stereocenters. The highest BCUT2D eigenvalue weighted by Crippen LogP contribution is 2.34. The molecule has 0 aliphatic carbocycles. The van der Waals surface area contributed by atoms with E-state index in [0.29, 0.717) is 10.7 Å². The zero-order valence-corrected chi connectivity index (χ0v) is 13.2. The Morgan fingerprint density at radius 1 is 1.28 bits per heavy atom. The van der Waals surface area contributed by atoms with Crippen LogP contribution >= 0.6 is 11.6 Å². The summed E-state index contributed by atoms with van der Waals surface area (Å²) in [6.45, 7) is 0. The van der Waals surface area contributed by atoms with Crippen molar-refractivity contribution in [2.24, 2.45) is 0 Å². The van der Waals surface area contributed by atoms with Gasteiger partial charge in [0.05, 0.1) is 16.6 Å². The maximum Gasteiger partial charge on any atom is 0.280 e. The fourth-order valence-corrected chi connectivity index (χ4v) is 2.11. The van der Waals surface area contributed by atoms with Crippen molar-refractivity contribution in [1.29, 1.82) is 5.26 Å². The first-order valence-electron chi connectivity index (χ1n) is 6.71. The first-order valence-corrected chi connectivity index (χ1v) is 7.08. The molecule has 0 aromatic heterocycles. The van der Waals surface area contributed by atoms with E-state index in [4.69, 9.17) is 16.9 Å². The summed E-state index contributed by atoms with van der Waals surface area (Å²) in [6, 6.07) is 9.45. The Morgan fingerprint density at radius 2 is 1.96 bits per heavy atom. The van der Waals surface area contributed by atoms with E-state index in [1.807, 2.05) is 0 Å². The lowest BCUT2D eigenvalue weighted by Gasteiger charge is -2.05. The van der Waals surface area contributed by atoms with Crippen LogP contribution in [0.15, 0.2) is 42.0 Å². The molecule has 0 saturated heterocycles. The minimum Gasteiger partial charge on any atom is -0.504 e. The van der Waals surface area contributed by atoms with E-state index in [-0.39, 0.29) is 5.56 Å². The van der Waals surface area contributed by atoms with Gasteiger partial charge in [-0.2, -0.15) is 5.26 Å². The third-order valence-electron chi connectivity index (χ3n) is 3.07. The number of phenolic OH excluding ortho intramolecular Hbond substituents is 2. The van der Waals surface area contributed by atoms with E-state index in [2.05, 4.69) is 5.32 Å². The Hall–Kier alpha value is -3.57. The van der Waals surface area contributed by atoms with Gasteiger partial charge in [-0.25, -0.2) is 0 Å². The number of hydrogen-bond donors (Lipinski definition) is 3. The van der Waals surface area contributed by atoms with Crippen molar-refractivity contribution in [2.45, 2.75) is 0 Å². The van der Waals surface area contributed by atoms with Gasteiger partial charge in [-0.05, 0) is 30.3 Å². The quantitative estimate of drug-likeness (QED) is 0.252. The summed E-state index contributed by atoms with van der Waals surface area (Å²) in [5, 5.41) is 41.9. The summed E-state index contributed by atoms with van der Waals surface area (Å²) >= 11 is 5.80. The number of nitro benzene ring substituents is 1. The molecule has 9 heteroatoms. The van der Waals surface area contributed by atoms with Crippen LogP contribution in [-0.2, 0) is 4.79 Å². The number of nitrogens with one attached hydrogen (secondary N) is 1. The Balaban J connectivity index is 2.40. The SMILES string of the molecule is N#CC(=Cc1cc(O)c(O)cc1[N+](=O)[O-])C(=O)Nc1cccc(Cl)c1. The maximum atomic E-state index is 12.2. The van der Waals surface area contributed by atoms with E-state index >= 15 is 0 Å². The lowest BCUT2D eigenvalue weighted by atomic mass is 10.1. The van der Waals surface area contributed by atoms with Crippen LogP contribution in [0.3, 0.4) is 0 Å². The molecule has 0 radical (unpaired) electrons. The fraction of sp³-hybridized carbons (Fsp3) is 0. The van der Waals surface area contributed by atoms with Crippen molar-refractivity contribution in [3.05, 3.63) is 62.7 Å². The molecule has 25 heavy (non-hydrogen) atoms. The van der Waals surface area contributed by atoms with Crippen molar-refractivity contribution in [1.82, 2.24) is 0 Å². The molecule has 0 aliphatic rings. The fourth-order valence-electron chi connectivity index (χ4n) is 1.92. The lowest BCUT2D eigenvalue weighted by Crippen LogP contribution is -2.13. The van der Waals surface area contributed by atoms with Crippen molar-refractivity contribution < 1.29 is 19.9 Å². The Morgan fingerprint density at radius 3 is 2.56 bits per heavy atom. The first-order chi connectivity index (χ1) is 11.8. The molecular formula is C16H10ClN3O5. The lowest BCUT2D eigenvalue weighted by molar-refractivity contribution is -0.385. The number of nitriles is 1. The molecule has 0 heterocycles. The second kappa shape index (κ2) is 7.33. The third-order valence-corrected chi connectivity index (χ3v) is 3.30. The largest absolute Gasteiger partial charge is 0.504 e. The highest BCUT2D eigenvalue weighted by atomic mass is 35.5. The maximum absolute atomic E-state index is 12.2. The minimum atomic E-state index is -0.813. The monoisotopic (exact) mass is 359 g/mol. The predicted molar refractivity (Wildman–Crippen MR) is 90.1 cm³/mol. The van der Waals surface area contributed by atoms with E-state index in [1.165, 1.54) is 6.07 Å². The van der Waals surface area contributed by atoms with Crippen LogP contribution in [0.25, 0.3) is 6.08 Å². The summed E-state index contributed by atoms with van der Waals surface area (Å²) < 4.78 is 0. The van der Waals surface area contributed by atoms with Crippen molar-refractivity contribution in [2.75, 3.05) is 5.32 Å². The van der Waals surface area contributed by atoms with Gasteiger partial charge in [0.1, 0.15) is 11.6 Å². The number of amides is 1. The molecule has 1 amide bonds. The van der Waals surface area contributed by atoms with Crippen LogP contribution in [-0.4, -0.2) is 21.0 Å². The number of nitrogens with zero attached hydrogens (tertiary/aromatic N) is 2. The number of hydrogen-bond acceptors (Lipinski definition) is 6. The van der Waals surface area contributed by atoms with Gasteiger partial charge >= 0.3 is 0 Å². The standard InChI is InChI=1S/C16H10ClN3O5/c17-11-2-1-3-12(6-11)19-16(23)10(8-18)4-9-5-14(21)15(22)7-13(9)20(24)25/h1-7,21-22H,(H,19,23). The van der Waals surface area contributed by atoms with Gasteiger partial charge in [0, 0.05) is 10.7 Å². The van der Waals surface area contributed by atoms with Gasteiger partial charge < -0.3 is 15.5 Å². The van der Waals surface area contributed by atoms with Crippen molar-refractivity contribution >= 4 is 35.0 Å². The zero-order valence-electron chi connectivity index (χ0n) is 12.4. The molecule has 126 valence electrons. The molecule has 0 aliphatic heterocycles. The average Bonchev–Trinajstić information content (AvgIpc) is 2.55. The van der Waals surface area contributed by atoms with E-state index in [0.717, 1.165) is 18.2 Å². The van der Waals surface area contributed by atoms with Crippen LogP contribution in [0.4, 0.5) is 11.4 Å². The number of nitro groups is 1. The molecule has 0 bridgehead atoms. The smallest absolute Gasteiger partial charge is 0.280 e. The van der Waals surface area contributed by atoms with Crippen LogP contribution in [0.5, 0.6) is 11.5 Å². The second-order valence-electron chi connectivity index (χ2n) is 4.79. The number of benzene rings is 2. The van der Waals surface area contributed by atoms with Crippen molar-refractivity contribution in [3.63, 3.8) is 0 Å². The van der Waals surface area contributed by atoms with Gasteiger partial charge in [-0.3, -0.25) is 14.9 Å². The van der Waals surface area contributed by atoms with Crippen LogP contribution in [0.1, 0.15) is 5.56 Å². The highest BCUT2D eigenvalue weighted by molar-refractivity contribution is 6.31. The van der Waals surface area contributed by atoms with E-state index < -0.39 is 33.6 Å². The predicted octanol–water partition coefficient (Wildman–Crippen LogP) is 3.21. The second-order valence-corrected chi connectivity index (χ2v) is 5.23. The van der Waals surface area contributed by atoms with Crippen LogP contribution in [0.2, 0.25) is 5.02 Å². The normalized spacial score (nSPS) is 10.8. The van der Waals surface area contributed by atoms with Crippen LogP contribution < -0.4 is 5.32 Å².